The molecule has 0 radical (unpaired) electrons. The molecule has 0 atom stereocenters. The summed E-state index contributed by atoms with van der Waals surface area (Å²) in [4.78, 5) is 2.74. The SMILES string of the molecule is O=S(=O)(NCc1cccc(CN2CCCC2)c1)c1ccc2ccccc2c1. The van der Waals surface area contributed by atoms with Crippen molar-refractivity contribution in [2.45, 2.75) is 30.8 Å². The minimum atomic E-state index is -3.55. The van der Waals surface area contributed by atoms with Crippen molar-refractivity contribution in [1.29, 1.82) is 0 Å². The van der Waals surface area contributed by atoms with E-state index in [1.54, 1.807) is 12.1 Å². The first-order valence-corrected chi connectivity index (χ1v) is 10.9. The maximum Gasteiger partial charge on any atom is 0.240 e. The molecule has 1 saturated heterocycles. The van der Waals surface area contributed by atoms with E-state index in [4.69, 9.17) is 0 Å². The van der Waals surface area contributed by atoms with Crippen molar-refractivity contribution in [2.24, 2.45) is 0 Å². The van der Waals surface area contributed by atoms with E-state index in [-0.39, 0.29) is 0 Å². The summed E-state index contributed by atoms with van der Waals surface area (Å²) in [7, 11) is -3.55. The van der Waals surface area contributed by atoms with E-state index in [9.17, 15) is 8.42 Å². The Labute approximate surface area is 160 Å². The van der Waals surface area contributed by atoms with Crippen LogP contribution < -0.4 is 4.72 Å². The number of hydrogen-bond donors (Lipinski definition) is 1. The van der Waals surface area contributed by atoms with Crippen LogP contribution in [0.2, 0.25) is 0 Å². The maximum atomic E-state index is 12.7. The Balaban J connectivity index is 1.46. The van der Waals surface area contributed by atoms with Gasteiger partial charge in [-0.25, -0.2) is 13.1 Å². The van der Waals surface area contributed by atoms with Gasteiger partial charge in [0, 0.05) is 13.1 Å². The second kappa shape index (κ2) is 7.80. The van der Waals surface area contributed by atoms with Crippen molar-refractivity contribution in [2.75, 3.05) is 13.1 Å². The predicted octanol–water partition coefficient (Wildman–Crippen LogP) is 3.91. The van der Waals surface area contributed by atoms with E-state index in [0.717, 1.165) is 36.0 Å². The third-order valence-electron chi connectivity index (χ3n) is 5.09. The van der Waals surface area contributed by atoms with Crippen LogP contribution in [0.5, 0.6) is 0 Å². The summed E-state index contributed by atoms with van der Waals surface area (Å²) in [6, 6.07) is 21.2. The lowest BCUT2D eigenvalue weighted by molar-refractivity contribution is 0.331. The van der Waals surface area contributed by atoms with E-state index in [2.05, 4.69) is 21.8 Å². The molecular formula is C22H24N2O2S. The van der Waals surface area contributed by atoms with Gasteiger partial charge in [-0.05, 0) is 60.0 Å². The molecule has 140 valence electrons. The van der Waals surface area contributed by atoms with Crippen LogP contribution in [-0.4, -0.2) is 26.4 Å². The molecule has 0 aliphatic carbocycles. The summed E-state index contributed by atoms with van der Waals surface area (Å²) in [5, 5.41) is 1.96. The average molecular weight is 381 g/mol. The van der Waals surface area contributed by atoms with Gasteiger partial charge in [-0.2, -0.15) is 0 Å². The minimum absolute atomic E-state index is 0.295. The zero-order valence-corrected chi connectivity index (χ0v) is 16.1. The summed E-state index contributed by atoms with van der Waals surface area (Å²) >= 11 is 0. The molecule has 0 aromatic heterocycles. The summed E-state index contributed by atoms with van der Waals surface area (Å²) in [5.41, 5.74) is 2.22. The van der Waals surface area contributed by atoms with Gasteiger partial charge in [0.1, 0.15) is 0 Å². The molecule has 5 heteroatoms. The number of nitrogens with zero attached hydrogens (tertiary/aromatic N) is 1. The van der Waals surface area contributed by atoms with Gasteiger partial charge in [0.25, 0.3) is 0 Å². The summed E-state index contributed by atoms with van der Waals surface area (Å²) < 4.78 is 28.1. The molecule has 27 heavy (non-hydrogen) atoms. The molecule has 4 rings (SSSR count). The van der Waals surface area contributed by atoms with Crippen molar-refractivity contribution in [3.63, 3.8) is 0 Å². The Morgan fingerprint density at radius 2 is 1.56 bits per heavy atom. The third kappa shape index (κ3) is 4.38. The van der Waals surface area contributed by atoms with Gasteiger partial charge in [0.15, 0.2) is 0 Å². The Hall–Kier alpha value is -2.21. The molecule has 3 aromatic carbocycles. The van der Waals surface area contributed by atoms with Crippen molar-refractivity contribution < 1.29 is 8.42 Å². The lowest BCUT2D eigenvalue weighted by Gasteiger charge is -2.15. The minimum Gasteiger partial charge on any atom is -0.299 e. The second-order valence-corrected chi connectivity index (χ2v) is 8.90. The van der Waals surface area contributed by atoms with Gasteiger partial charge in [0.05, 0.1) is 4.90 Å². The molecule has 0 spiro atoms. The number of hydrogen-bond acceptors (Lipinski definition) is 3. The monoisotopic (exact) mass is 380 g/mol. The van der Waals surface area contributed by atoms with Gasteiger partial charge >= 0.3 is 0 Å². The second-order valence-electron chi connectivity index (χ2n) is 7.14. The Kier molecular flexibility index (Phi) is 5.25. The molecular weight excluding hydrogens is 356 g/mol. The number of rotatable bonds is 6. The first kappa shape index (κ1) is 18.2. The highest BCUT2D eigenvalue weighted by Gasteiger charge is 2.15. The van der Waals surface area contributed by atoms with E-state index in [1.165, 1.54) is 18.4 Å². The quantitative estimate of drug-likeness (QED) is 0.705. The normalized spacial score (nSPS) is 15.4. The van der Waals surface area contributed by atoms with E-state index < -0.39 is 10.0 Å². The average Bonchev–Trinajstić information content (AvgIpc) is 3.19. The molecule has 3 aromatic rings. The largest absolute Gasteiger partial charge is 0.299 e. The standard InChI is InChI=1S/C22H24N2O2S/c25-27(26,22-11-10-20-8-1-2-9-21(20)15-22)23-16-18-6-5-7-19(14-18)17-24-12-3-4-13-24/h1-2,5-11,14-15,23H,3-4,12-13,16-17H2. The highest BCUT2D eigenvalue weighted by molar-refractivity contribution is 7.89. The molecule has 1 aliphatic rings. The van der Waals surface area contributed by atoms with Gasteiger partial charge in [-0.3, -0.25) is 4.90 Å². The number of fused-ring (bicyclic) bond motifs is 1. The Bertz CT molecular complexity index is 1040. The Morgan fingerprint density at radius 1 is 0.815 bits per heavy atom. The van der Waals surface area contributed by atoms with Crippen LogP contribution in [0.4, 0.5) is 0 Å². The zero-order chi connectivity index (χ0) is 18.7. The highest BCUT2D eigenvalue weighted by Crippen LogP contribution is 2.19. The fourth-order valence-electron chi connectivity index (χ4n) is 3.63. The first-order chi connectivity index (χ1) is 13.1. The number of sulfonamides is 1. The topological polar surface area (TPSA) is 49.4 Å². The highest BCUT2D eigenvalue weighted by atomic mass is 32.2. The van der Waals surface area contributed by atoms with Crippen LogP contribution in [0.1, 0.15) is 24.0 Å². The number of benzene rings is 3. The molecule has 0 bridgehead atoms. The maximum absolute atomic E-state index is 12.7. The zero-order valence-electron chi connectivity index (χ0n) is 15.3. The summed E-state index contributed by atoms with van der Waals surface area (Å²) in [6.07, 6.45) is 2.54. The van der Waals surface area contributed by atoms with E-state index in [0.29, 0.717) is 11.4 Å². The Morgan fingerprint density at radius 3 is 2.37 bits per heavy atom. The molecule has 0 amide bonds. The molecule has 1 N–H and O–H groups in total. The van der Waals surface area contributed by atoms with Crippen molar-refractivity contribution in [3.8, 4) is 0 Å². The molecule has 0 saturated carbocycles. The molecule has 0 unspecified atom stereocenters. The van der Waals surface area contributed by atoms with E-state index >= 15 is 0 Å². The van der Waals surface area contributed by atoms with Crippen molar-refractivity contribution >= 4 is 20.8 Å². The molecule has 1 heterocycles. The molecule has 1 aliphatic heterocycles. The van der Waals surface area contributed by atoms with Crippen molar-refractivity contribution in [3.05, 3.63) is 77.9 Å². The molecule has 4 nitrogen and oxygen atoms in total. The molecule has 1 fully saturated rings. The van der Waals surface area contributed by atoms with Crippen LogP contribution in [0.25, 0.3) is 10.8 Å². The number of nitrogens with one attached hydrogen (secondary N) is 1. The van der Waals surface area contributed by atoms with Gasteiger partial charge in [-0.15, -0.1) is 0 Å². The van der Waals surface area contributed by atoms with Crippen LogP contribution in [-0.2, 0) is 23.1 Å². The lowest BCUT2D eigenvalue weighted by atomic mass is 10.1. The first-order valence-electron chi connectivity index (χ1n) is 9.39. The smallest absolute Gasteiger partial charge is 0.240 e. The fraction of sp³-hybridized carbons (Fsp3) is 0.273. The van der Waals surface area contributed by atoms with Crippen LogP contribution >= 0.6 is 0 Å². The lowest BCUT2D eigenvalue weighted by Crippen LogP contribution is -2.23. The van der Waals surface area contributed by atoms with Crippen LogP contribution in [0, 0.1) is 0 Å². The predicted molar refractivity (Wildman–Crippen MR) is 109 cm³/mol. The van der Waals surface area contributed by atoms with Crippen molar-refractivity contribution in [1.82, 2.24) is 9.62 Å². The number of likely N-dealkylation sites (tertiary alicyclic amines) is 1. The summed E-state index contributed by atoms with van der Waals surface area (Å²) in [6.45, 7) is 3.53. The van der Waals surface area contributed by atoms with Gasteiger partial charge in [0.2, 0.25) is 10.0 Å². The van der Waals surface area contributed by atoms with Gasteiger partial charge < -0.3 is 0 Å². The van der Waals surface area contributed by atoms with Gasteiger partial charge in [-0.1, -0.05) is 54.6 Å². The third-order valence-corrected chi connectivity index (χ3v) is 6.49. The summed E-state index contributed by atoms with van der Waals surface area (Å²) in [5.74, 6) is 0. The fourth-order valence-corrected chi connectivity index (χ4v) is 4.69. The van der Waals surface area contributed by atoms with E-state index in [1.807, 2.05) is 42.5 Å². The van der Waals surface area contributed by atoms with Crippen LogP contribution in [0.15, 0.2) is 71.6 Å². The van der Waals surface area contributed by atoms with Crippen LogP contribution in [0.3, 0.4) is 0 Å².